The minimum atomic E-state index is -0.341. The van der Waals surface area contributed by atoms with Crippen LogP contribution in [-0.4, -0.2) is 16.9 Å². The molecule has 4 saturated carbocycles. The van der Waals surface area contributed by atoms with Gasteiger partial charge >= 0.3 is 0 Å². The van der Waals surface area contributed by atoms with Gasteiger partial charge in [0.15, 0.2) is 0 Å². The van der Waals surface area contributed by atoms with Gasteiger partial charge in [-0.1, -0.05) is 6.07 Å². The summed E-state index contributed by atoms with van der Waals surface area (Å²) in [6.07, 6.45) is 13.2. The average molecular weight is 364 g/mol. The number of carbonyl (C=O) groups is 1. The number of amides is 1. The number of carbonyl (C=O) groups excluding carboxylic acids is 1. The van der Waals surface area contributed by atoms with Crippen LogP contribution in [0.5, 0.6) is 0 Å². The number of nitriles is 1. The van der Waals surface area contributed by atoms with E-state index >= 15 is 0 Å². The van der Waals surface area contributed by atoms with Gasteiger partial charge in [0.2, 0.25) is 0 Å². The van der Waals surface area contributed by atoms with Crippen molar-refractivity contribution in [1.82, 2.24) is 15.6 Å². The summed E-state index contributed by atoms with van der Waals surface area (Å²) in [5.74, 6) is 2.33. The summed E-state index contributed by atoms with van der Waals surface area (Å²) >= 11 is 0. The average Bonchev–Trinajstić information content (AvgIpc) is 2.66. The Morgan fingerprint density at radius 1 is 1.33 bits per heavy atom. The fourth-order valence-electron chi connectivity index (χ4n) is 6.02. The normalized spacial score (nSPS) is 32.6. The van der Waals surface area contributed by atoms with Crippen molar-refractivity contribution in [3.05, 3.63) is 41.9 Å². The van der Waals surface area contributed by atoms with E-state index in [1.165, 1.54) is 38.5 Å². The molecule has 5 rings (SSSR count). The number of hydrogen-bond donors (Lipinski definition) is 2. The molecule has 142 valence electrons. The lowest BCUT2D eigenvalue weighted by Crippen LogP contribution is -2.54. The molecule has 5 nitrogen and oxygen atoms in total. The Labute approximate surface area is 161 Å². The Balaban J connectivity index is 1.37. The number of pyridine rings is 1. The van der Waals surface area contributed by atoms with Gasteiger partial charge in [0, 0.05) is 31.2 Å². The van der Waals surface area contributed by atoms with E-state index in [0.717, 1.165) is 23.3 Å². The molecule has 0 saturated heterocycles. The number of nitrogens with zero attached hydrogens (tertiary/aromatic N) is 2. The van der Waals surface area contributed by atoms with Crippen LogP contribution in [0.3, 0.4) is 0 Å². The van der Waals surface area contributed by atoms with Gasteiger partial charge in [-0.15, -0.1) is 0 Å². The minimum Gasteiger partial charge on any atom is -0.387 e. The molecule has 0 aromatic carbocycles. The first-order chi connectivity index (χ1) is 13.1. The molecular weight excluding hydrogens is 336 g/mol. The maximum atomic E-state index is 12.3. The predicted octanol–water partition coefficient (Wildman–Crippen LogP) is 3.30. The van der Waals surface area contributed by atoms with Gasteiger partial charge in [0.1, 0.15) is 11.6 Å². The van der Waals surface area contributed by atoms with E-state index in [2.05, 4.69) is 22.5 Å². The van der Waals surface area contributed by atoms with Crippen LogP contribution < -0.4 is 10.6 Å². The summed E-state index contributed by atoms with van der Waals surface area (Å²) in [6, 6.07) is 6.06. The Kier molecular flexibility index (Phi) is 4.90. The Morgan fingerprint density at radius 3 is 2.56 bits per heavy atom. The van der Waals surface area contributed by atoms with Gasteiger partial charge in [0.05, 0.1) is 0 Å². The molecule has 5 heteroatoms. The van der Waals surface area contributed by atoms with Crippen LogP contribution >= 0.6 is 0 Å². The van der Waals surface area contributed by atoms with Crippen LogP contribution in [0.2, 0.25) is 0 Å². The van der Waals surface area contributed by atoms with Crippen LogP contribution in [0, 0.1) is 34.5 Å². The first kappa shape index (κ1) is 18.0. The number of aromatic nitrogens is 1. The Morgan fingerprint density at radius 2 is 2.00 bits per heavy atom. The predicted molar refractivity (Wildman–Crippen MR) is 103 cm³/mol. The van der Waals surface area contributed by atoms with Gasteiger partial charge in [-0.2, -0.15) is 5.26 Å². The standard InChI is InChI=1S/C22H28N4O/c1-15(22-8-17-5-18(9-22)7-19(6-17)10-22)25-14-20(11-23)21(27)26-13-16-3-2-4-24-12-16/h2-4,12,14-15,17-19,25H,5-10,13H2,1H3,(H,26,27)/b20-14-. The zero-order valence-electron chi connectivity index (χ0n) is 15.9. The topological polar surface area (TPSA) is 77.8 Å². The second-order valence-electron chi connectivity index (χ2n) is 8.88. The molecule has 4 aliphatic rings. The summed E-state index contributed by atoms with van der Waals surface area (Å²) < 4.78 is 0. The van der Waals surface area contributed by atoms with Crippen molar-refractivity contribution >= 4 is 5.91 Å². The Bertz CT molecular complexity index is 729. The highest BCUT2D eigenvalue weighted by atomic mass is 16.1. The molecule has 1 unspecified atom stereocenters. The minimum absolute atomic E-state index is 0.135. The van der Waals surface area contributed by atoms with E-state index in [-0.39, 0.29) is 11.5 Å². The third-order valence-electron chi connectivity index (χ3n) is 7.02. The van der Waals surface area contributed by atoms with Crippen LogP contribution in [0.1, 0.15) is 51.0 Å². The largest absolute Gasteiger partial charge is 0.387 e. The molecule has 0 radical (unpaired) electrons. The lowest BCUT2D eigenvalue weighted by Gasteiger charge is -2.59. The molecule has 1 amide bonds. The van der Waals surface area contributed by atoms with Crippen LogP contribution in [0.4, 0.5) is 0 Å². The first-order valence-electron chi connectivity index (χ1n) is 10.1. The van der Waals surface area contributed by atoms with Crippen molar-refractivity contribution < 1.29 is 4.79 Å². The zero-order chi connectivity index (χ0) is 18.9. The van der Waals surface area contributed by atoms with Gasteiger partial charge in [0.25, 0.3) is 5.91 Å². The van der Waals surface area contributed by atoms with Crippen molar-refractivity contribution in [2.75, 3.05) is 0 Å². The van der Waals surface area contributed by atoms with E-state index < -0.39 is 0 Å². The SMILES string of the molecule is CC(N/C=C(/C#N)C(=O)NCc1cccnc1)C12CC3CC(CC(C3)C1)C2. The van der Waals surface area contributed by atoms with Gasteiger partial charge < -0.3 is 10.6 Å². The number of nitrogens with one attached hydrogen (secondary N) is 2. The third-order valence-corrected chi connectivity index (χ3v) is 7.02. The summed E-state index contributed by atoms with van der Waals surface area (Å²) in [5, 5.41) is 15.6. The van der Waals surface area contributed by atoms with E-state index in [0.29, 0.717) is 18.0 Å². The summed E-state index contributed by atoms with van der Waals surface area (Å²) in [6.45, 7) is 2.60. The van der Waals surface area contributed by atoms with Crippen molar-refractivity contribution in [3.63, 3.8) is 0 Å². The van der Waals surface area contributed by atoms with E-state index in [1.54, 1.807) is 18.6 Å². The molecule has 1 atom stereocenters. The number of rotatable bonds is 6. The molecule has 0 aliphatic heterocycles. The molecular formula is C22H28N4O. The maximum absolute atomic E-state index is 12.3. The molecule has 1 aromatic rings. The summed E-state index contributed by atoms with van der Waals surface area (Å²) in [5.41, 5.74) is 1.39. The van der Waals surface area contributed by atoms with Gasteiger partial charge in [-0.05, 0) is 80.2 Å². The van der Waals surface area contributed by atoms with Crippen molar-refractivity contribution in [2.24, 2.45) is 23.2 Å². The lowest BCUT2D eigenvalue weighted by atomic mass is 9.48. The van der Waals surface area contributed by atoms with Crippen LogP contribution in [-0.2, 0) is 11.3 Å². The molecule has 0 spiro atoms. The van der Waals surface area contributed by atoms with Crippen molar-refractivity contribution in [3.8, 4) is 6.07 Å². The van der Waals surface area contributed by atoms with Gasteiger partial charge in [-0.3, -0.25) is 9.78 Å². The van der Waals surface area contributed by atoms with Gasteiger partial charge in [-0.25, -0.2) is 0 Å². The molecule has 4 fully saturated rings. The van der Waals surface area contributed by atoms with E-state index in [4.69, 9.17) is 0 Å². The van der Waals surface area contributed by atoms with Crippen molar-refractivity contribution in [2.45, 2.75) is 58.0 Å². The second-order valence-corrected chi connectivity index (χ2v) is 8.88. The van der Waals surface area contributed by atoms with E-state index in [1.807, 2.05) is 18.2 Å². The first-order valence-corrected chi connectivity index (χ1v) is 10.1. The number of hydrogen-bond acceptors (Lipinski definition) is 4. The quantitative estimate of drug-likeness (QED) is 0.600. The monoisotopic (exact) mass is 364 g/mol. The highest BCUT2D eigenvalue weighted by Crippen LogP contribution is 2.61. The van der Waals surface area contributed by atoms with E-state index in [9.17, 15) is 10.1 Å². The highest BCUT2D eigenvalue weighted by molar-refractivity contribution is 5.97. The zero-order valence-corrected chi connectivity index (χ0v) is 15.9. The van der Waals surface area contributed by atoms with Crippen LogP contribution in [0.15, 0.2) is 36.3 Å². The summed E-state index contributed by atoms with van der Waals surface area (Å²) in [7, 11) is 0. The molecule has 1 heterocycles. The van der Waals surface area contributed by atoms with Crippen molar-refractivity contribution in [1.29, 1.82) is 5.26 Å². The smallest absolute Gasteiger partial charge is 0.263 e. The maximum Gasteiger partial charge on any atom is 0.263 e. The summed E-state index contributed by atoms with van der Waals surface area (Å²) in [4.78, 5) is 16.4. The molecule has 27 heavy (non-hydrogen) atoms. The third kappa shape index (κ3) is 3.71. The molecule has 1 aromatic heterocycles. The second kappa shape index (κ2) is 7.34. The van der Waals surface area contributed by atoms with Crippen LogP contribution in [0.25, 0.3) is 0 Å². The molecule has 4 aliphatic carbocycles. The fourth-order valence-corrected chi connectivity index (χ4v) is 6.02. The lowest BCUT2D eigenvalue weighted by molar-refractivity contribution is -0.117. The Hall–Kier alpha value is -2.35. The molecule has 2 N–H and O–H groups in total. The fraction of sp³-hybridized carbons (Fsp3) is 0.591. The highest BCUT2D eigenvalue weighted by Gasteiger charge is 2.52. The molecule has 4 bridgehead atoms.